The number of nitrogens with one attached hydrogen (secondary N) is 1. The summed E-state index contributed by atoms with van der Waals surface area (Å²) >= 11 is 1.01. The first-order chi connectivity index (χ1) is 17.9. The lowest BCUT2D eigenvalue weighted by Crippen LogP contribution is -2.25. The van der Waals surface area contributed by atoms with Crippen LogP contribution in [0.1, 0.15) is 16.7 Å². The normalized spacial score (nSPS) is 15.2. The van der Waals surface area contributed by atoms with Gasteiger partial charge in [0.2, 0.25) is 5.91 Å². The average molecular weight is 520 g/mol. The van der Waals surface area contributed by atoms with Crippen LogP contribution in [0.5, 0.6) is 23.0 Å². The maximum absolute atomic E-state index is 12.6. The van der Waals surface area contributed by atoms with Gasteiger partial charge in [0.25, 0.3) is 5.24 Å². The van der Waals surface area contributed by atoms with E-state index in [-0.39, 0.29) is 11.1 Å². The van der Waals surface area contributed by atoms with Crippen LogP contribution in [-0.4, -0.2) is 43.7 Å². The van der Waals surface area contributed by atoms with E-state index in [0.29, 0.717) is 46.1 Å². The van der Waals surface area contributed by atoms with E-state index < -0.39 is 11.2 Å². The SMILES string of the molecule is COC(=O)/C(=C/c1cccc(OC)c1OC)c1ccc(Oc2ccc(CC3SC(=O)NC3=O)cc2)cc1. The molecule has 0 radical (unpaired) electrons. The first-order valence-corrected chi connectivity index (χ1v) is 12.2. The molecule has 0 spiro atoms. The van der Waals surface area contributed by atoms with Crippen molar-refractivity contribution in [3.8, 4) is 23.0 Å². The van der Waals surface area contributed by atoms with Gasteiger partial charge in [0.05, 0.1) is 32.2 Å². The minimum Gasteiger partial charge on any atom is -0.493 e. The second-order valence-corrected chi connectivity index (χ2v) is 9.17. The molecule has 1 fully saturated rings. The van der Waals surface area contributed by atoms with Crippen LogP contribution in [0.3, 0.4) is 0 Å². The summed E-state index contributed by atoms with van der Waals surface area (Å²) in [7, 11) is 4.42. The highest BCUT2D eigenvalue weighted by atomic mass is 32.2. The van der Waals surface area contributed by atoms with Crippen LogP contribution in [0, 0.1) is 0 Å². The van der Waals surface area contributed by atoms with Gasteiger partial charge in [0, 0.05) is 5.56 Å². The summed E-state index contributed by atoms with van der Waals surface area (Å²) in [6.45, 7) is 0. The number of carbonyl (C=O) groups is 3. The average Bonchev–Trinajstić information content (AvgIpc) is 3.24. The summed E-state index contributed by atoms with van der Waals surface area (Å²) in [6, 6.07) is 19.8. The Bertz CT molecular complexity index is 1330. The second kappa shape index (κ2) is 11.7. The van der Waals surface area contributed by atoms with E-state index in [4.69, 9.17) is 18.9 Å². The molecule has 0 aliphatic carbocycles. The van der Waals surface area contributed by atoms with E-state index in [1.165, 1.54) is 14.2 Å². The third kappa shape index (κ3) is 6.13. The molecule has 0 saturated carbocycles. The van der Waals surface area contributed by atoms with Crippen molar-refractivity contribution < 1.29 is 33.3 Å². The molecular formula is C28H25NO7S. The zero-order valence-electron chi connectivity index (χ0n) is 20.5. The van der Waals surface area contributed by atoms with Gasteiger partial charge in [-0.1, -0.05) is 48.2 Å². The number of hydrogen-bond acceptors (Lipinski definition) is 8. The minimum absolute atomic E-state index is 0.263. The maximum Gasteiger partial charge on any atom is 0.338 e. The van der Waals surface area contributed by atoms with Crippen molar-refractivity contribution in [2.75, 3.05) is 21.3 Å². The number of ether oxygens (including phenoxy) is 4. The third-order valence-electron chi connectivity index (χ3n) is 5.65. The fraction of sp³-hybridized carbons (Fsp3) is 0.179. The minimum atomic E-state index is -0.495. The van der Waals surface area contributed by atoms with Crippen LogP contribution in [0.15, 0.2) is 66.7 Å². The van der Waals surface area contributed by atoms with Gasteiger partial charge in [-0.3, -0.25) is 14.9 Å². The first-order valence-electron chi connectivity index (χ1n) is 11.3. The smallest absolute Gasteiger partial charge is 0.338 e. The number of rotatable bonds is 9. The number of imide groups is 1. The molecule has 1 N–H and O–H groups in total. The number of carbonyl (C=O) groups excluding carboxylic acids is 3. The molecule has 1 aliphatic heterocycles. The fourth-order valence-corrected chi connectivity index (χ4v) is 4.68. The molecule has 1 aliphatic rings. The highest BCUT2D eigenvalue weighted by molar-refractivity contribution is 8.15. The van der Waals surface area contributed by atoms with Crippen molar-refractivity contribution in [3.05, 3.63) is 83.4 Å². The van der Waals surface area contributed by atoms with E-state index in [0.717, 1.165) is 17.3 Å². The standard InChI is InChI=1S/C28H25NO7S/c1-33-23-6-4-5-19(25(23)34-2)16-22(27(31)35-3)18-9-13-21(14-10-18)36-20-11-7-17(8-12-20)15-24-26(30)29-28(32)37-24/h4-14,16,24H,15H2,1-3H3,(H,29,30,32)/b22-16+. The number of methoxy groups -OCH3 is 3. The van der Waals surface area contributed by atoms with Crippen LogP contribution >= 0.6 is 11.8 Å². The molecule has 3 aromatic rings. The molecule has 9 heteroatoms. The molecule has 2 amide bonds. The van der Waals surface area contributed by atoms with Crippen LogP contribution in [-0.2, 0) is 20.7 Å². The number of para-hydroxylation sites is 1. The second-order valence-electron chi connectivity index (χ2n) is 7.99. The molecule has 1 heterocycles. The summed E-state index contributed by atoms with van der Waals surface area (Å²) in [5.41, 5.74) is 2.57. The Balaban J connectivity index is 1.50. The van der Waals surface area contributed by atoms with E-state index in [1.807, 2.05) is 24.3 Å². The molecule has 1 atom stereocenters. The molecule has 8 nitrogen and oxygen atoms in total. The van der Waals surface area contributed by atoms with E-state index in [9.17, 15) is 14.4 Å². The van der Waals surface area contributed by atoms with Crippen molar-refractivity contribution in [3.63, 3.8) is 0 Å². The van der Waals surface area contributed by atoms with Crippen molar-refractivity contribution in [1.82, 2.24) is 5.32 Å². The largest absolute Gasteiger partial charge is 0.493 e. The van der Waals surface area contributed by atoms with Crippen LogP contribution in [0.4, 0.5) is 4.79 Å². The Kier molecular flexibility index (Phi) is 8.15. The Morgan fingerprint density at radius 1 is 0.919 bits per heavy atom. The number of hydrogen-bond donors (Lipinski definition) is 1. The molecular weight excluding hydrogens is 494 g/mol. The van der Waals surface area contributed by atoms with Crippen molar-refractivity contribution in [2.24, 2.45) is 0 Å². The zero-order valence-corrected chi connectivity index (χ0v) is 21.3. The van der Waals surface area contributed by atoms with Gasteiger partial charge in [-0.25, -0.2) is 4.79 Å². The molecule has 190 valence electrons. The van der Waals surface area contributed by atoms with E-state index in [2.05, 4.69) is 5.32 Å². The van der Waals surface area contributed by atoms with Gasteiger partial charge in [-0.15, -0.1) is 0 Å². The van der Waals surface area contributed by atoms with Crippen molar-refractivity contribution in [2.45, 2.75) is 11.7 Å². The predicted octanol–water partition coefficient (Wildman–Crippen LogP) is 5.10. The highest BCUT2D eigenvalue weighted by Gasteiger charge is 2.31. The lowest BCUT2D eigenvalue weighted by molar-refractivity contribution is -0.133. The monoisotopic (exact) mass is 519 g/mol. The molecule has 4 rings (SSSR count). The quantitative estimate of drug-likeness (QED) is 0.237. The Morgan fingerprint density at radius 2 is 1.59 bits per heavy atom. The Hall–Kier alpha value is -4.24. The van der Waals surface area contributed by atoms with Gasteiger partial charge in [-0.2, -0.15) is 0 Å². The molecule has 0 aromatic heterocycles. The topological polar surface area (TPSA) is 100 Å². The lowest BCUT2D eigenvalue weighted by Gasteiger charge is -2.12. The van der Waals surface area contributed by atoms with Gasteiger partial charge in [0.1, 0.15) is 11.5 Å². The van der Waals surface area contributed by atoms with Crippen LogP contribution in [0.25, 0.3) is 11.6 Å². The van der Waals surface area contributed by atoms with Crippen molar-refractivity contribution >= 4 is 40.5 Å². The van der Waals surface area contributed by atoms with E-state index in [1.54, 1.807) is 55.7 Å². The van der Waals surface area contributed by atoms with Gasteiger partial charge >= 0.3 is 5.97 Å². The molecule has 3 aromatic carbocycles. The molecule has 37 heavy (non-hydrogen) atoms. The van der Waals surface area contributed by atoms with Crippen LogP contribution < -0.4 is 19.5 Å². The summed E-state index contributed by atoms with van der Waals surface area (Å²) in [4.78, 5) is 35.7. The molecule has 0 bridgehead atoms. The van der Waals surface area contributed by atoms with Crippen LogP contribution in [0.2, 0.25) is 0 Å². The number of amides is 2. The van der Waals surface area contributed by atoms with Gasteiger partial charge in [0.15, 0.2) is 11.5 Å². The third-order valence-corrected chi connectivity index (χ3v) is 6.63. The number of benzene rings is 3. The van der Waals surface area contributed by atoms with Crippen molar-refractivity contribution in [1.29, 1.82) is 0 Å². The molecule has 1 saturated heterocycles. The summed E-state index contributed by atoms with van der Waals surface area (Å²) < 4.78 is 21.8. The number of esters is 1. The molecule has 1 unspecified atom stereocenters. The Labute approximate surface area is 218 Å². The predicted molar refractivity (Wildman–Crippen MR) is 141 cm³/mol. The van der Waals surface area contributed by atoms with E-state index >= 15 is 0 Å². The lowest BCUT2D eigenvalue weighted by atomic mass is 10.0. The zero-order chi connectivity index (χ0) is 26.4. The summed E-state index contributed by atoms with van der Waals surface area (Å²) in [5, 5.41) is 1.56. The Morgan fingerprint density at radius 3 is 2.16 bits per heavy atom. The first kappa shape index (κ1) is 25.8. The van der Waals surface area contributed by atoms with Gasteiger partial charge in [-0.05, 0) is 54.0 Å². The maximum atomic E-state index is 12.6. The highest BCUT2D eigenvalue weighted by Crippen LogP contribution is 2.34. The summed E-state index contributed by atoms with van der Waals surface area (Å²) in [6.07, 6.45) is 2.15. The summed E-state index contributed by atoms with van der Waals surface area (Å²) in [5.74, 6) is 1.49. The fourth-order valence-electron chi connectivity index (χ4n) is 3.83. The van der Waals surface area contributed by atoms with Gasteiger partial charge < -0.3 is 18.9 Å². The number of thioether (sulfide) groups is 1.